The minimum absolute atomic E-state index is 0.0630. The van der Waals surface area contributed by atoms with Gasteiger partial charge >= 0.3 is 0 Å². The molecule has 0 bridgehead atoms. The first-order valence-corrected chi connectivity index (χ1v) is 11.3. The average Bonchev–Trinajstić information content (AvgIpc) is 2.74. The second-order valence-electron chi connectivity index (χ2n) is 7.16. The minimum atomic E-state index is -3.66. The highest BCUT2D eigenvalue weighted by Gasteiger charge is 2.34. The number of benzene rings is 2. The third-order valence-corrected chi connectivity index (χ3v) is 7.29. The molecule has 6 nitrogen and oxygen atoms in total. The molecule has 0 aromatic heterocycles. The van der Waals surface area contributed by atoms with Crippen molar-refractivity contribution in [1.29, 1.82) is 0 Å². The lowest BCUT2D eigenvalue weighted by Gasteiger charge is -2.33. The molecular formula is C21H25ClN2O4S. The predicted molar refractivity (Wildman–Crippen MR) is 112 cm³/mol. The highest BCUT2D eigenvalue weighted by Crippen LogP contribution is 2.27. The van der Waals surface area contributed by atoms with Crippen LogP contribution in [0.25, 0.3) is 0 Å². The summed E-state index contributed by atoms with van der Waals surface area (Å²) in [6.45, 7) is 0.994. The molecule has 1 heterocycles. The molecule has 1 aliphatic rings. The van der Waals surface area contributed by atoms with Crippen molar-refractivity contribution in [1.82, 2.24) is 9.21 Å². The first-order valence-electron chi connectivity index (χ1n) is 9.45. The summed E-state index contributed by atoms with van der Waals surface area (Å²) in [6.07, 6.45) is 1.31. The van der Waals surface area contributed by atoms with Gasteiger partial charge in [-0.25, -0.2) is 8.42 Å². The summed E-state index contributed by atoms with van der Waals surface area (Å²) < 4.78 is 32.7. The molecule has 2 aromatic rings. The summed E-state index contributed by atoms with van der Waals surface area (Å²) in [5.41, 5.74) is 0.910. The van der Waals surface area contributed by atoms with Crippen LogP contribution in [0, 0.1) is 5.92 Å². The minimum Gasteiger partial charge on any atom is -0.496 e. The molecule has 1 atom stereocenters. The number of hydrogen-bond acceptors (Lipinski definition) is 4. The Morgan fingerprint density at radius 2 is 1.90 bits per heavy atom. The predicted octanol–water partition coefficient (Wildman–Crippen LogP) is 3.41. The number of piperidine rings is 1. The second kappa shape index (κ2) is 9.15. The monoisotopic (exact) mass is 436 g/mol. The highest BCUT2D eigenvalue weighted by molar-refractivity contribution is 7.89. The summed E-state index contributed by atoms with van der Waals surface area (Å²) in [5, 5.41) is 0.480. The zero-order chi connectivity index (χ0) is 21.0. The second-order valence-corrected chi connectivity index (χ2v) is 9.54. The molecule has 0 spiro atoms. The largest absolute Gasteiger partial charge is 0.496 e. The smallest absolute Gasteiger partial charge is 0.243 e. The van der Waals surface area contributed by atoms with Crippen molar-refractivity contribution in [3.8, 4) is 5.75 Å². The number of hydrogen-bond donors (Lipinski definition) is 0. The molecule has 0 aliphatic carbocycles. The van der Waals surface area contributed by atoms with Gasteiger partial charge in [-0.05, 0) is 43.2 Å². The quantitative estimate of drug-likeness (QED) is 0.696. The van der Waals surface area contributed by atoms with Crippen LogP contribution in [0.3, 0.4) is 0 Å². The van der Waals surface area contributed by atoms with Crippen LogP contribution in [-0.2, 0) is 21.4 Å². The van der Waals surface area contributed by atoms with E-state index in [4.69, 9.17) is 16.3 Å². The third kappa shape index (κ3) is 4.91. The van der Waals surface area contributed by atoms with Crippen LogP contribution in [0.1, 0.15) is 18.4 Å². The van der Waals surface area contributed by atoms with Gasteiger partial charge in [0.2, 0.25) is 15.9 Å². The first-order chi connectivity index (χ1) is 13.8. The van der Waals surface area contributed by atoms with Crippen LogP contribution < -0.4 is 4.74 Å². The lowest BCUT2D eigenvalue weighted by atomic mass is 9.98. The first kappa shape index (κ1) is 21.6. The number of nitrogens with zero attached hydrogens (tertiary/aromatic N) is 2. The van der Waals surface area contributed by atoms with Gasteiger partial charge in [0.25, 0.3) is 0 Å². The molecule has 1 fully saturated rings. The maximum absolute atomic E-state index is 13.0. The number of ether oxygens (including phenoxy) is 1. The van der Waals surface area contributed by atoms with Gasteiger partial charge in [0, 0.05) is 37.3 Å². The lowest BCUT2D eigenvalue weighted by molar-refractivity contribution is -0.135. The topological polar surface area (TPSA) is 66.9 Å². The Bertz CT molecular complexity index is 963. The molecule has 3 rings (SSSR count). The number of para-hydroxylation sites is 1. The van der Waals surface area contributed by atoms with Gasteiger partial charge in [-0.3, -0.25) is 4.79 Å². The van der Waals surface area contributed by atoms with Gasteiger partial charge in [0.05, 0.1) is 17.9 Å². The fraction of sp³-hybridized carbons (Fsp3) is 0.381. The number of sulfonamides is 1. The zero-order valence-corrected chi connectivity index (χ0v) is 18.1. The fourth-order valence-electron chi connectivity index (χ4n) is 3.60. The normalized spacial score (nSPS) is 17.7. The molecular weight excluding hydrogens is 412 g/mol. The molecule has 1 aliphatic heterocycles. The van der Waals surface area contributed by atoms with Gasteiger partial charge < -0.3 is 9.64 Å². The highest BCUT2D eigenvalue weighted by atomic mass is 35.5. The van der Waals surface area contributed by atoms with Crippen molar-refractivity contribution in [2.45, 2.75) is 24.3 Å². The summed E-state index contributed by atoms with van der Waals surface area (Å²) in [4.78, 5) is 14.8. The fourth-order valence-corrected chi connectivity index (χ4v) is 5.25. The standard InChI is InChI=1S/C21H25ClN2O4S/c1-23(14-16-6-3-4-8-20(16)28-2)21(25)17-7-5-13-24(15-17)29(26,27)19-11-9-18(22)10-12-19/h3-4,6,8-12,17H,5,7,13-15H2,1-2H3/t17-/m0/s1. The van der Waals surface area contributed by atoms with Crippen molar-refractivity contribution >= 4 is 27.5 Å². The summed E-state index contributed by atoms with van der Waals surface area (Å²) in [5.74, 6) is 0.292. The Morgan fingerprint density at radius 3 is 2.59 bits per heavy atom. The van der Waals surface area contributed by atoms with Crippen molar-refractivity contribution in [3.05, 3.63) is 59.1 Å². The lowest BCUT2D eigenvalue weighted by Crippen LogP contribution is -2.45. The molecule has 2 aromatic carbocycles. The number of methoxy groups -OCH3 is 1. The molecule has 1 saturated heterocycles. The van der Waals surface area contributed by atoms with Gasteiger partial charge in [-0.2, -0.15) is 4.31 Å². The Morgan fingerprint density at radius 1 is 1.21 bits per heavy atom. The molecule has 0 unspecified atom stereocenters. The number of rotatable bonds is 6. The van der Waals surface area contributed by atoms with Gasteiger partial charge in [-0.15, -0.1) is 0 Å². The van der Waals surface area contributed by atoms with E-state index in [1.807, 2.05) is 24.3 Å². The van der Waals surface area contributed by atoms with E-state index in [0.29, 0.717) is 31.0 Å². The Balaban J connectivity index is 1.71. The zero-order valence-electron chi connectivity index (χ0n) is 16.5. The Kier molecular flexibility index (Phi) is 6.82. The van der Waals surface area contributed by atoms with Gasteiger partial charge in [-0.1, -0.05) is 29.8 Å². The van der Waals surface area contributed by atoms with E-state index in [-0.39, 0.29) is 23.3 Å². The summed E-state index contributed by atoms with van der Waals surface area (Å²) in [7, 11) is -0.321. The maximum Gasteiger partial charge on any atom is 0.243 e. The van der Waals surface area contributed by atoms with Crippen LogP contribution >= 0.6 is 11.6 Å². The van der Waals surface area contributed by atoms with E-state index in [2.05, 4.69) is 0 Å². The molecule has 29 heavy (non-hydrogen) atoms. The number of carbonyl (C=O) groups is 1. The number of halogens is 1. The maximum atomic E-state index is 13.0. The molecule has 156 valence electrons. The van der Waals surface area contributed by atoms with Crippen LogP contribution in [0.5, 0.6) is 5.75 Å². The van der Waals surface area contributed by atoms with E-state index in [0.717, 1.165) is 11.3 Å². The van der Waals surface area contributed by atoms with Crippen LogP contribution in [0.4, 0.5) is 0 Å². The van der Waals surface area contributed by atoms with Crippen molar-refractivity contribution < 1.29 is 17.9 Å². The van der Waals surface area contributed by atoms with E-state index >= 15 is 0 Å². The van der Waals surface area contributed by atoms with Crippen LogP contribution in [0.15, 0.2) is 53.4 Å². The molecule has 0 saturated carbocycles. The van der Waals surface area contributed by atoms with E-state index in [9.17, 15) is 13.2 Å². The molecule has 1 amide bonds. The van der Waals surface area contributed by atoms with Crippen molar-refractivity contribution in [2.24, 2.45) is 5.92 Å². The Labute approximate surface area is 177 Å². The average molecular weight is 437 g/mol. The van der Waals surface area contributed by atoms with Crippen molar-refractivity contribution in [2.75, 3.05) is 27.2 Å². The van der Waals surface area contributed by atoms with E-state index < -0.39 is 10.0 Å². The van der Waals surface area contributed by atoms with Crippen LogP contribution in [0.2, 0.25) is 5.02 Å². The SMILES string of the molecule is COc1ccccc1CN(C)C(=O)[C@H]1CCCN(S(=O)(=O)c2ccc(Cl)cc2)C1. The van der Waals surface area contributed by atoms with Gasteiger partial charge in [0.1, 0.15) is 5.75 Å². The number of amides is 1. The molecule has 0 N–H and O–H groups in total. The summed E-state index contributed by atoms with van der Waals surface area (Å²) in [6, 6.07) is 13.7. The Hall–Kier alpha value is -2.09. The van der Waals surface area contributed by atoms with Gasteiger partial charge in [0.15, 0.2) is 0 Å². The van der Waals surface area contributed by atoms with E-state index in [1.165, 1.54) is 16.4 Å². The molecule has 8 heteroatoms. The van der Waals surface area contributed by atoms with Crippen molar-refractivity contribution in [3.63, 3.8) is 0 Å². The molecule has 0 radical (unpaired) electrons. The van der Waals surface area contributed by atoms with E-state index in [1.54, 1.807) is 31.2 Å². The number of carbonyl (C=O) groups excluding carboxylic acids is 1. The third-order valence-electron chi connectivity index (χ3n) is 5.16. The van der Waals surface area contributed by atoms with Crippen LogP contribution in [-0.4, -0.2) is 50.8 Å². The summed E-state index contributed by atoms with van der Waals surface area (Å²) >= 11 is 5.87.